The first kappa shape index (κ1) is 26.5. The van der Waals surface area contributed by atoms with Crippen molar-refractivity contribution >= 4 is 38.3 Å². The molecule has 8 nitrogen and oxygen atoms in total. The summed E-state index contributed by atoms with van der Waals surface area (Å²) in [6.45, 7) is 0.949. The number of carbonyl (C=O) groups is 2. The molecule has 1 amide bonds. The summed E-state index contributed by atoms with van der Waals surface area (Å²) in [6, 6.07) is 19.3. The molecule has 194 valence electrons. The van der Waals surface area contributed by atoms with E-state index in [9.17, 15) is 18.0 Å². The number of Topliss-reactive ketones (excluding diaryl/α,β-unsaturated/α-hetero) is 1. The minimum Gasteiger partial charge on any atom is -0.384 e. The molecule has 1 aliphatic heterocycles. The summed E-state index contributed by atoms with van der Waals surface area (Å²) in [4.78, 5) is 28.2. The van der Waals surface area contributed by atoms with Crippen LogP contribution in [0, 0.1) is 11.3 Å². The molecule has 1 atom stereocenters. The van der Waals surface area contributed by atoms with E-state index in [1.54, 1.807) is 36.4 Å². The van der Waals surface area contributed by atoms with Crippen LogP contribution in [0.15, 0.2) is 71.6 Å². The number of hydrogen-bond donors (Lipinski definition) is 3. The first-order valence-corrected chi connectivity index (χ1v) is 13.9. The van der Waals surface area contributed by atoms with Gasteiger partial charge in [0.05, 0.1) is 11.4 Å². The maximum Gasteiger partial charge on any atom is 0.240 e. The number of rotatable bonds is 10. The molecule has 0 aromatic heterocycles. The molecule has 1 aliphatic rings. The van der Waals surface area contributed by atoms with Crippen molar-refractivity contribution in [3.63, 3.8) is 0 Å². The van der Waals surface area contributed by atoms with Crippen molar-refractivity contribution in [3.05, 3.63) is 77.9 Å². The second-order valence-electron chi connectivity index (χ2n) is 9.47. The number of amides is 1. The molecule has 3 aromatic carbocycles. The van der Waals surface area contributed by atoms with Gasteiger partial charge in [0.25, 0.3) is 0 Å². The second-order valence-corrected chi connectivity index (χ2v) is 11.2. The van der Waals surface area contributed by atoms with Crippen LogP contribution in [0.3, 0.4) is 0 Å². The van der Waals surface area contributed by atoms with Crippen molar-refractivity contribution in [1.29, 1.82) is 5.41 Å². The average Bonchev–Trinajstić information content (AvgIpc) is 2.91. The Kier molecular flexibility index (Phi) is 8.35. The highest BCUT2D eigenvalue weighted by atomic mass is 32.2. The first-order valence-electron chi connectivity index (χ1n) is 12.5. The molecular weight excluding hydrogens is 488 g/mol. The van der Waals surface area contributed by atoms with Gasteiger partial charge >= 0.3 is 0 Å². The predicted molar refractivity (Wildman–Crippen MR) is 144 cm³/mol. The van der Waals surface area contributed by atoms with Gasteiger partial charge in [-0.1, -0.05) is 54.6 Å². The number of nitrogens with zero attached hydrogens (tertiary/aromatic N) is 1. The van der Waals surface area contributed by atoms with E-state index >= 15 is 0 Å². The maximum atomic E-state index is 13.3. The summed E-state index contributed by atoms with van der Waals surface area (Å²) in [5, 5.41) is 9.27. The van der Waals surface area contributed by atoms with Crippen molar-refractivity contribution in [3.8, 4) is 0 Å². The number of ketones is 1. The highest BCUT2D eigenvalue weighted by Crippen LogP contribution is 2.21. The van der Waals surface area contributed by atoms with E-state index in [1.807, 2.05) is 29.2 Å². The van der Waals surface area contributed by atoms with E-state index in [-0.39, 0.29) is 35.4 Å². The van der Waals surface area contributed by atoms with Gasteiger partial charge in [-0.2, -0.15) is 0 Å². The van der Waals surface area contributed by atoms with E-state index in [4.69, 9.17) is 11.1 Å². The molecule has 0 unspecified atom stereocenters. The largest absolute Gasteiger partial charge is 0.384 e. The lowest BCUT2D eigenvalue weighted by Crippen LogP contribution is -2.41. The fourth-order valence-corrected chi connectivity index (χ4v) is 5.71. The van der Waals surface area contributed by atoms with Crippen molar-refractivity contribution in [2.75, 3.05) is 19.6 Å². The Bertz CT molecular complexity index is 1400. The van der Waals surface area contributed by atoms with Crippen molar-refractivity contribution in [2.24, 2.45) is 11.7 Å². The van der Waals surface area contributed by atoms with Crippen molar-refractivity contribution in [1.82, 2.24) is 9.62 Å². The Hall–Kier alpha value is -3.56. The minimum absolute atomic E-state index is 0.0404. The second kappa shape index (κ2) is 11.7. The Morgan fingerprint density at radius 1 is 0.946 bits per heavy atom. The van der Waals surface area contributed by atoms with E-state index in [0.717, 1.165) is 35.6 Å². The molecule has 0 bridgehead atoms. The highest BCUT2D eigenvalue weighted by Gasteiger charge is 2.28. The normalized spacial score (nSPS) is 14.9. The van der Waals surface area contributed by atoms with Crippen LogP contribution in [0.4, 0.5) is 0 Å². The van der Waals surface area contributed by atoms with Gasteiger partial charge < -0.3 is 10.6 Å². The maximum absolute atomic E-state index is 13.3. The molecule has 4 N–H and O–H groups in total. The number of likely N-dealkylation sites (tertiary alicyclic amines) is 1. The van der Waals surface area contributed by atoms with E-state index < -0.39 is 15.9 Å². The summed E-state index contributed by atoms with van der Waals surface area (Å²) in [6.07, 6.45) is 3.23. The number of piperidine rings is 1. The van der Waals surface area contributed by atoms with Crippen molar-refractivity contribution < 1.29 is 18.0 Å². The lowest BCUT2D eigenvalue weighted by Gasteiger charge is -2.30. The van der Waals surface area contributed by atoms with Crippen LogP contribution >= 0.6 is 0 Å². The smallest absolute Gasteiger partial charge is 0.240 e. The Balaban J connectivity index is 1.45. The van der Waals surface area contributed by atoms with Gasteiger partial charge in [0.15, 0.2) is 0 Å². The predicted octanol–water partition coefficient (Wildman–Crippen LogP) is 3.23. The molecule has 37 heavy (non-hydrogen) atoms. The van der Waals surface area contributed by atoms with Crippen LogP contribution < -0.4 is 10.5 Å². The van der Waals surface area contributed by atoms with Crippen LogP contribution in [0.5, 0.6) is 0 Å². The van der Waals surface area contributed by atoms with Gasteiger partial charge in [-0.05, 0) is 54.2 Å². The molecule has 1 heterocycles. The molecule has 1 fully saturated rings. The third-order valence-corrected chi connectivity index (χ3v) is 8.13. The SMILES string of the molecule is N=C(N)c1ccc(C[C@@H](CC(=O)CNS(=O)(=O)c2ccc3ccccc3c2)C(=O)N2CCCCC2)cc1. The number of amidine groups is 1. The number of sulfonamides is 1. The third-order valence-electron chi connectivity index (χ3n) is 6.73. The van der Waals surface area contributed by atoms with Crippen LogP contribution in [0.1, 0.15) is 36.8 Å². The van der Waals surface area contributed by atoms with Gasteiger partial charge in [0.1, 0.15) is 11.6 Å². The fourth-order valence-electron chi connectivity index (χ4n) is 4.66. The zero-order valence-electron chi connectivity index (χ0n) is 20.7. The van der Waals surface area contributed by atoms with Gasteiger partial charge in [-0.3, -0.25) is 15.0 Å². The summed E-state index contributed by atoms with van der Waals surface area (Å²) >= 11 is 0. The van der Waals surface area contributed by atoms with E-state index in [2.05, 4.69) is 4.72 Å². The van der Waals surface area contributed by atoms with Gasteiger partial charge in [-0.15, -0.1) is 0 Å². The summed E-state index contributed by atoms with van der Waals surface area (Å²) < 4.78 is 28.1. The Morgan fingerprint density at radius 2 is 1.62 bits per heavy atom. The number of fused-ring (bicyclic) bond motifs is 1. The van der Waals surface area contributed by atoms with E-state index in [1.165, 1.54) is 6.07 Å². The van der Waals surface area contributed by atoms with E-state index in [0.29, 0.717) is 25.1 Å². The van der Waals surface area contributed by atoms with Crippen LogP contribution in [0.25, 0.3) is 10.8 Å². The third kappa shape index (κ3) is 6.81. The quantitative estimate of drug-likeness (QED) is 0.279. The van der Waals surface area contributed by atoms with Gasteiger partial charge in [0, 0.05) is 31.0 Å². The molecule has 3 aromatic rings. The lowest BCUT2D eigenvalue weighted by molar-refractivity contribution is -0.138. The summed E-state index contributed by atoms with van der Waals surface area (Å²) in [5.41, 5.74) is 6.97. The summed E-state index contributed by atoms with van der Waals surface area (Å²) in [7, 11) is -3.89. The molecule has 0 spiro atoms. The fraction of sp³-hybridized carbons (Fsp3) is 0.321. The molecule has 0 saturated carbocycles. The van der Waals surface area contributed by atoms with Crippen LogP contribution in [-0.4, -0.2) is 50.5 Å². The van der Waals surface area contributed by atoms with Crippen LogP contribution in [0.2, 0.25) is 0 Å². The number of nitrogens with two attached hydrogens (primary N) is 1. The molecule has 0 radical (unpaired) electrons. The van der Waals surface area contributed by atoms with Gasteiger partial charge in [-0.25, -0.2) is 13.1 Å². The number of nitrogen functional groups attached to an aromatic ring is 1. The average molecular weight is 521 g/mol. The molecule has 9 heteroatoms. The Labute approximate surface area is 217 Å². The van der Waals surface area contributed by atoms with Crippen LogP contribution in [-0.2, 0) is 26.0 Å². The summed E-state index contributed by atoms with van der Waals surface area (Å²) in [5.74, 6) is -1.07. The van der Waals surface area contributed by atoms with Crippen molar-refractivity contribution in [2.45, 2.75) is 37.0 Å². The lowest BCUT2D eigenvalue weighted by atomic mass is 9.91. The monoisotopic (exact) mass is 520 g/mol. The molecular formula is C28H32N4O4S. The molecule has 1 saturated heterocycles. The number of benzene rings is 3. The zero-order valence-corrected chi connectivity index (χ0v) is 21.5. The Morgan fingerprint density at radius 3 is 2.30 bits per heavy atom. The minimum atomic E-state index is -3.89. The molecule has 4 rings (SSSR count). The number of hydrogen-bond acceptors (Lipinski definition) is 5. The standard InChI is InChI=1S/C28H32N4O4S/c29-27(30)22-10-8-20(9-11-22)16-24(28(34)32-14-4-1-5-15-32)17-25(33)19-31-37(35,36)26-13-12-21-6-2-3-7-23(21)18-26/h2-3,6-13,18,24,31H,1,4-5,14-17,19H2,(H3,29,30)/t24-/m0/s1. The number of nitrogens with one attached hydrogen (secondary N) is 2. The molecule has 0 aliphatic carbocycles. The first-order chi connectivity index (χ1) is 17.7. The van der Waals surface area contributed by atoms with Gasteiger partial charge in [0.2, 0.25) is 15.9 Å². The number of carbonyl (C=O) groups excluding carboxylic acids is 2. The highest BCUT2D eigenvalue weighted by molar-refractivity contribution is 7.89. The zero-order chi connectivity index (χ0) is 26.4. The topological polar surface area (TPSA) is 133 Å².